The maximum Gasteiger partial charge on any atom is 0.491 e. The molecule has 0 aromatic carbocycles. The largest absolute Gasteiger partial charge is 0.491 e. The van der Waals surface area contributed by atoms with E-state index in [1.165, 1.54) is 0 Å². The smallest absolute Gasteiger partial charge is 0.390 e. The van der Waals surface area contributed by atoms with Crippen molar-refractivity contribution < 1.29 is 47.9 Å². The number of esters is 2. The number of alkyl halides is 3. The normalized spacial score (nSPS) is 35.8. The van der Waals surface area contributed by atoms with Crippen molar-refractivity contribution in [3.05, 3.63) is 0 Å². The average Bonchev–Trinajstić information content (AvgIpc) is 2.24. The van der Waals surface area contributed by atoms with E-state index < -0.39 is 54.9 Å². The molecule has 110 valence electrons. The highest BCUT2D eigenvalue weighted by Crippen LogP contribution is 2.31. The Morgan fingerprint density at radius 2 is 1.53 bits per heavy atom. The third-order valence-corrected chi connectivity index (χ3v) is 2.68. The van der Waals surface area contributed by atoms with Gasteiger partial charge in [0.15, 0.2) is 5.60 Å². The molecule has 19 heavy (non-hydrogen) atoms. The number of rotatable bonds is 1. The molecule has 2 atom stereocenters. The molecule has 0 bridgehead atoms. The molecule has 10 heteroatoms. The van der Waals surface area contributed by atoms with Crippen molar-refractivity contribution in [2.75, 3.05) is 0 Å². The van der Waals surface area contributed by atoms with Gasteiger partial charge in [-0.1, -0.05) is 0 Å². The van der Waals surface area contributed by atoms with Gasteiger partial charge in [-0.25, -0.2) is 9.59 Å². The lowest BCUT2D eigenvalue weighted by molar-refractivity contribution is -0.215. The summed E-state index contributed by atoms with van der Waals surface area (Å²) in [6.07, 6.45) is -12.3. The molecule has 1 aliphatic rings. The van der Waals surface area contributed by atoms with Crippen LogP contribution >= 0.6 is 0 Å². The van der Waals surface area contributed by atoms with Crippen LogP contribution in [0.15, 0.2) is 0 Å². The van der Waals surface area contributed by atoms with E-state index in [0.717, 1.165) is 0 Å². The first-order valence-electron chi connectivity index (χ1n) is 5.07. The summed E-state index contributed by atoms with van der Waals surface area (Å²) in [4.78, 5) is 21.7. The van der Waals surface area contributed by atoms with E-state index in [-0.39, 0.29) is 0 Å². The Balaban J connectivity index is 2.79. The number of hydrogen-bond donors (Lipinski definition) is 4. The molecule has 4 N–H and O–H groups in total. The monoisotopic (exact) mass is 288 g/mol. The molecule has 0 unspecified atom stereocenters. The van der Waals surface area contributed by atoms with Gasteiger partial charge >= 0.3 is 18.1 Å². The molecule has 0 amide bonds. The van der Waals surface area contributed by atoms with Crippen LogP contribution in [0.4, 0.5) is 13.2 Å². The van der Waals surface area contributed by atoms with Crippen molar-refractivity contribution >= 4 is 11.9 Å². The van der Waals surface area contributed by atoms with Crippen LogP contribution in [0, 0.1) is 0 Å². The predicted octanol–water partition coefficient (Wildman–Crippen LogP) is -1.77. The lowest BCUT2D eigenvalue weighted by atomic mass is 9.80. The van der Waals surface area contributed by atoms with Gasteiger partial charge in [0.2, 0.25) is 0 Å². The molecule has 7 nitrogen and oxygen atoms in total. The average molecular weight is 288 g/mol. The Hall–Kier alpha value is -1.23. The maximum absolute atomic E-state index is 11.9. The Kier molecular flexibility index (Phi) is 4.20. The van der Waals surface area contributed by atoms with Crippen molar-refractivity contribution in [1.82, 2.24) is 0 Å². The van der Waals surface area contributed by atoms with Crippen LogP contribution < -0.4 is 0 Å². The molecule has 0 heterocycles. The molecule has 0 aromatic heterocycles. The number of aliphatic hydroxyl groups excluding tert-OH is 3. The molecule has 0 saturated heterocycles. The van der Waals surface area contributed by atoms with E-state index in [9.17, 15) is 38.1 Å². The maximum atomic E-state index is 11.9. The van der Waals surface area contributed by atoms with Gasteiger partial charge in [0.25, 0.3) is 0 Å². The summed E-state index contributed by atoms with van der Waals surface area (Å²) in [7, 11) is 0. The van der Waals surface area contributed by atoms with Crippen molar-refractivity contribution in [1.29, 1.82) is 0 Å². The Labute approximate surface area is 104 Å². The lowest BCUT2D eigenvalue weighted by Gasteiger charge is -2.38. The van der Waals surface area contributed by atoms with Crippen LogP contribution in [0.2, 0.25) is 0 Å². The third-order valence-electron chi connectivity index (χ3n) is 2.68. The van der Waals surface area contributed by atoms with Crippen LogP contribution in [0.1, 0.15) is 12.8 Å². The lowest BCUT2D eigenvalue weighted by Crippen LogP contribution is -2.57. The predicted molar refractivity (Wildman–Crippen MR) is 49.4 cm³/mol. The molecule has 1 fully saturated rings. The molecule has 0 aromatic rings. The van der Waals surface area contributed by atoms with E-state index in [2.05, 4.69) is 4.74 Å². The summed E-state index contributed by atoms with van der Waals surface area (Å²) < 4.78 is 39.0. The first kappa shape index (κ1) is 15.8. The number of carbonyl (C=O) groups is 2. The minimum absolute atomic E-state index is 0.866. The number of aliphatic hydroxyl groups is 4. The molecule has 1 rings (SSSR count). The SMILES string of the molecule is O=C(OC(=O)C1(O)C[C@@H](O)C(O)[C@H](O)C1)C(F)(F)F. The second-order valence-electron chi connectivity index (χ2n) is 4.24. The van der Waals surface area contributed by atoms with Gasteiger partial charge < -0.3 is 25.2 Å². The number of carbonyl (C=O) groups excluding carboxylic acids is 2. The second-order valence-corrected chi connectivity index (χ2v) is 4.24. The van der Waals surface area contributed by atoms with Crippen LogP contribution in [0.5, 0.6) is 0 Å². The third kappa shape index (κ3) is 3.41. The quantitative estimate of drug-likeness (QED) is 0.332. The standard InChI is InChI=1S/C9H11F3O7/c10-9(11,12)7(17)19-6(16)8(18)1-3(13)5(15)4(14)2-8/h3-5,13-15,18H,1-2H2/t3-,4-,5?,8?/m1/s1. The van der Waals surface area contributed by atoms with Gasteiger partial charge in [-0.05, 0) is 0 Å². The van der Waals surface area contributed by atoms with Gasteiger partial charge in [-0.2, -0.15) is 13.2 Å². The van der Waals surface area contributed by atoms with E-state index in [0.29, 0.717) is 0 Å². The number of ether oxygens (including phenoxy) is 1. The van der Waals surface area contributed by atoms with Crippen molar-refractivity contribution in [2.24, 2.45) is 0 Å². The Bertz CT molecular complexity index is 368. The first-order chi connectivity index (χ1) is 8.47. The fourth-order valence-electron chi connectivity index (χ4n) is 1.68. The van der Waals surface area contributed by atoms with Crippen LogP contribution in [-0.4, -0.2) is 62.5 Å². The zero-order chi connectivity index (χ0) is 15.0. The first-order valence-corrected chi connectivity index (χ1v) is 5.07. The highest BCUT2D eigenvalue weighted by molar-refractivity contribution is 5.92. The van der Waals surface area contributed by atoms with Crippen LogP contribution in [-0.2, 0) is 14.3 Å². The van der Waals surface area contributed by atoms with Crippen molar-refractivity contribution in [2.45, 2.75) is 42.9 Å². The Morgan fingerprint density at radius 1 is 1.11 bits per heavy atom. The number of hydrogen-bond acceptors (Lipinski definition) is 7. The minimum atomic E-state index is -5.42. The van der Waals surface area contributed by atoms with E-state index in [1.807, 2.05) is 0 Å². The van der Waals surface area contributed by atoms with Crippen LogP contribution in [0.25, 0.3) is 0 Å². The van der Waals surface area contributed by atoms with Gasteiger partial charge in [0, 0.05) is 12.8 Å². The van der Waals surface area contributed by atoms with Gasteiger partial charge in [0.1, 0.15) is 6.10 Å². The van der Waals surface area contributed by atoms with E-state index >= 15 is 0 Å². The molecule has 1 saturated carbocycles. The highest BCUT2D eigenvalue weighted by Gasteiger charge is 2.52. The zero-order valence-electron chi connectivity index (χ0n) is 9.29. The Morgan fingerprint density at radius 3 is 1.89 bits per heavy atom. The van der Waals surface area contributed by atoms with E-state index in [1.54, 1.807) is 0 Å². The fraction of sp³-hybridized carbons (Fsp3) is 0.778. The molecule has 0 spiro atoms. The van der Waals surface area contributed by atoms with Crippen molar-refractivity contribution in [3.8, 4) is 0 Å². The van der Waals surface area contributed by atoms with Gasteiger partial charge in [-0.3, -0.25) is 0 Å². The zero-order valence-corrected chi connectivity index (χ0v) is 9.29. The van der Waals surface area contributed by atoms with Crippen molar-refractivity contribution in [3.63, 3.8) is 0 Å². The summed E-state index contributed by atoms with van der Waals surface area (Å²) in [6.45, 7) is 0. The molecule has 0 radical (unpaired) electrons. The number of halogens is 3. The van der Waals surface area contributed by atoms with Crippen LogP contribution in [0.3, 0.4) is 0 Å². The minimum Gasteiger partial charge on any atom is -0.390 e. The summed E-state index contributed by atoms with van der Waals surface area (Å²) in [6, 6.07) is 0. The summed E-state index contributed by atoms with van der Waals surface area (Å²) in [5, 5.41) is 37.3. The summed E-state index contributed by atoms with van der Waals surface area (Å²) in [5.41, 5.74) is -2.68. The second kappa shape index (κ2) is 5.04. The molecular formula is C9H11F3O7. The van der Waals surface area contributed by atoms with Gasteiger partial charge in [-0.15, -0.1) is 0 Å². The molecule has 0 aliphatic heterocycles. The topological polar surface area (TPSA) is 124 Å². The summed E-state index contributed by atoms with van der Waals surface area (Å²) in [5.74, 6) is -4.76. The van der Waals surface area contributed by atoms with E-state index in [4.69, 9.17) is 5.11 Å². The molecule has 1 aliphatic carbocycles. The molecular weight excluding hydrogens is 277 g/mol. The highest BCUT2D eigenvalue weighted by atomic mass is 19.4. The van der Waals surface area contributed by atoms with Gasteiger partial charge in [0.05, 0.1) is 12.2 Å². The summed E-state index contributed by atoms with van der Waals surface area (Å²) >= 11 is 0. The fourth-order valence-corrected chi connectivity index (χ4v) is 1.68.